The van der Waals surface area contributed by atoms with Crippen molar-refractivity contribution in [1.82, 2.24) is 14.9 Å². The van der Waals surface area contributed by atoms with E-state index < -0.39 is 0 Å². The molecule has 0 aliphatic carbocycles. The van der Waals surface area contributed by atoms with E-state index in [1.807, 2.05) is 49.6 Å². The second-order valence-corrected chi connectivity index (χ2v) is 6.53. The number of benzene rings is 1. The van der Waals surface area contributed by atoms with Gasteiger partial charge in [0.25, 0.3) is 0 Å². The topological polar surface area (TPSA) is 65.4 Å². The third kappa shape index (κ3) is 4.07. The summed E-state index contributed by atoms with van der Waals surface area (Å²) in [6.07, 6.45) is 3.57. The van der Waals surface area contributed by atoms with Crippen LogP contribution >= 0.6 is 27.7 Å². The quantitative estimate of drug-likeness (QED) is 0.454. The Morgan fingerprint density at radius 1 is 1.25 bits per heavy atom. The lowest BCUT2D eigenvalue weighted by Gasteiger charge is -2.03. The average Bonchev–Trinajstić information content (AvgIpc) is 3.18. The second-order valence-electron chi connectivity index (χ2n) is 4.84. The minimum Gasteiger partial charge on any atom is -0.486 e. The molecule has 24 heavy (non-hydrogen) atoms. The molecule has 0 atom stereocenters. The number of furan rings is 1. The highest BCUT2D eigenvalue weighted by molar-refractivity contribution is 9.10. The average molecular weight is 407 g/mol. The van der Waals surface area contributed by atoms with Gasteiger partial charge in [-0.25, -0.2) is 0 Å². The van der Waals surface area contributed by atoms with Crippen molar-refractivity contribution in [3.63, 3.8) is 0 Å². The van der Waals surface area contributed by atoms with E-state index in [1.54, 1.807) is 10.9 Å². The molecule has 2 aromatic heterocycles. The van der Waals surface area contributed by atoms with Crippen LogP contribution in [0.1, 0.15) is 17.3 Å². The molecule has 6 nitrogen and oxygen atoms in total. The molecular formula is C16H15BrN4O2S. The highest BCUT2D eigenvalue weighted by atomic mass is 79.9. The molecule has 1 aromatic carbocycles. The van der Waals surface area contributed by atoms with Gasteiger partial charge in [-0.15, -0.1) is 10.2 Å². The van der Waals surface area contributed by atoms with E-state index in [9.17, 15) is 0 Å². The number of ether oxygens (including phenoxy) is 1. The first kappa shape index (κ1) is 16.8. The van der Waals surface area contributed by atoms with Crippen LogP contribution in [0.4, 0.5) is 0 Å². The fourth-order valence-electron chi connectivity index (χ4n) is 1.94. The van der Waals surface area contributed by atoms with E-state index in [2.05, 4.69) is 31.2 Å². The molecule has 124 valence electrons. The van der Waals surface area contributed by atoms with Gasteiger partial charge in [0.1, 0.15) is 23.9 Å². The van der Waals surface area contributed by atoms with E-state index in [0.717, 1.165) is 27.0 Å². The van der Waals surface area contributed by atoms with Crippen molar-refractivity contribution >= 4 is 33.9 Å². The zero-order valence-electron chi connectivity index (χ0n) is 13.1. The van der Waals surface area contributed by atoms with Crippen molar-refractivity contribution in [3.8, 4) is 5.75 Å². The van der Waals surface area contributed by atoms with Crippen LogP contribution in [-0.2, 0) is 6.61 Å². The molecule has 0 aliphatic rings. The lowest BCUT2D eigenvalue weighted by Crippen LogP contribution is -1.95. The van der Waals surface area contributed by atoms with Crippen LogP contribution in [0.15, 0.2) is 55.5 Å². The summed E-state index contributed by atoms with van der Waals surface area (Å²) in [5, 5.41) is 13.1. The minimum absolute atomic E-state index is 0.358. The molecule has 0 saturated heterocycles. The van der Waals surface area contributed by atoms with E-state index in [1.165, 1.54) is 11.8 Å². The van der Waals surface area contributed by atoms with Crippen LogP contribution in [0.2, 0.25) is 0 Å². The third-order valence-electron chi connectivity index (χ3n) is 3.13. The lowest BCUT2D eigenvalue weighted by molar-refractivity contribution is 0.270. The number of aromatic nitrogens is 3. The highest BCUT2D eigenvalue weighted by Gasteiger charge is 2.06. The fourth-order valence-corrected chi connectivity index (χ4v) is 2.68. The summed E-state index contributed by atoms with van der Waals surface area (Å²) in [4.78, 5) is 0. The number of thioether (sulfide) groups is 1. The predicted molar refractivity (Wildman–Crippen MR) is 96.7 cm³/mol. The molecule has 0 aliphatic heterocycles. The van der Waals surface area contributed by atoms with Gasteiger partial charge >= 0.3 is 0 Å². The van der Waals surface area contributed by atoms with Gasteiger partial charge in [0.05, 0.1) is 6.21 Å². The Hall–Kier alpha value is -2.06. The Balaban J connectivity index is 1.64. The van der Waals surface area contributed by atoms with Gasteiger partial charge in [0.15, 0.2) is 5.82 Å². The Bertz CT molecular complexity index is 842. The molecule has 0 N–H and O–H groups in total. The molecule has 0 amide bonds. The number of aryl methyl sites for hydroxylation is 1. The van der Waals surface area contributed by atoms with Crippen molar-refractivity contribution < 1.29 is 9.15 Å². The molecule has 0 fully saturated rings. The third-order valence-corrected chi connectivity index (χ3v) is 4.28. The number of hydrogen-bond acceptors (Lipinski definition) is 6. The SMILES string of the molecule is CSc1nnc(C)n1/N=C\c1ccc(COc2ccc(Br)cc2)o1. The predicted octanol–water partition coefficient (Wildman–Crippen LogP) is 4.13. The molecular weight excluding hydrogens is 392 g/mol. The van der Waals surface area contributed by atoms with Crippen molar-refractivity contribution in [3.05, 3.63) is 58.2 Å². The zero-order valence-corrected chi connectivity index (χ0v) is 15.5. The normalized spacial score (nSPS) is 11.3. The Labute approximate surface area is 152 Å². The van der Waals surface area contributed by atoms with Crippen LogP contribution in [-0.4, -0.2) is 27.3 Å². The first-order valence-corrected chi connectivity index (χ1v) is 9.15. The van der Waals surface area contributed by atoms with Gasteiger partial charge in [-0.2, -0.15) is 9.78 Å². The van der Waals surface area contributed by atoms with Crippen LogP contribution < -0.4 is 4.74 Å². The van der Waals surface area contributed by atoms with Gasteiger partial charge in [0, 0.05) is 4.47 Å². The summed E-state index contributed by atoms with van der Waals surface area (Å²) in [5.41, 5.74) is 0. The largest absolute Gasteiger partial charge is 0.486 e. The standard InChI is InChI=1S/C16H15BrN4O2S/c1-11-19-20-16(24-2)21(11)18-9-14-7-8-15(23-14)10-22-13-5-3-12(17)4-6-13/h3-9H,10H2,1-2H3/b18-9-. The summed E-state index contributed by atoms with van der Waals surface area (Å²) >= 11 is 4.88. The summed E-state index contributed by atoms with van der Waals surface area (Å²) < 4.78 is 14.1. The Morgan fingerprint density at radius 3 is 2.79 bits per heavy atom. The summed E-state index contributed by atoms with van der Waals surface area (Å²) in [6.45, 7) is 2.21. The Morgan fingerprint density at radius 2 is 2.04 bits per heavy atom. The molecule has 2 heterocycles. The molecule has 0 unspecified atom stereocenters. The van der Waals surface area contributed by atoms with Crippen molar-refractivity contribution in [2.24, 2.45) is 5.10 Å². The maximum Gasteiger partial charge on any atom is 0.211 e. The van der Waals surface area contributed by atoms with Gasteiger partial charge in [0.2, 0.25) is 5.16 Å². The maximum absolute atomic E-state index is 5.70. The summed E-state index contributed by atoms with van der Waals surface area (Å²) in [5.74, 6) is 2.88. The van der Waals surface area contributed by atoms with E-state index in [-0.39, 0.29) is 0 Å². The molecule has 0 radical (unpaired) electrons. The van der Waals surface area contributed by atoms with Gasteiger partial charge in [-0.1, -0.05) is 27.7 Å². The van der Waals surface area contributed by atoms with E-state index in [4.69, 9.17) is 9.15 Å². The van der Waals surface area contributed by atoms with Crippen molar-refractivity contribution in [2.45, 2.75) is 18.7 Å². The van der Waals surface area contributed by atoms with Crippen LogP contribution in [0.3, 0.4) is 0 Å². The smallest absolute Gasteiger partial charge is 0.211 e. The van der Waals surface area contributed by atoms with Crippen molar-refractivity contribution in [2.75, 3.05) is 6.26 Å². The van der Waals surface area contributed by atoms with Crippen LogP contribution in [0.5, 0.6) is 5.75 Å². The first-order valence-electron chi connectivity index (χ1n) is 7.13. The monoisotopic (exact) mass is 406 g/mol. The van der Waals surface area contributed by atoms with E-state index >= 15 is 0 Å². The summed E-state index contributed by atoms with van der Waals surface area (Å²) in [6, 6.07) is 11.4. The molecule has 0 bridgehead atoms. The van der Waals surface area contributed by atoms with Crippen LogP contribution in [0, 0.1) is 6.92 Å². The van der Waals surface area contributed by atoms with Crippen LogP contribution in [0.25, 0.3) is 0 Å². The minimum atomic E-state index is 0.358. The van der Waals surface area contributed by atoms with Crippen molar-refractivity contribution in [1.29, 1.82) is 0 Å². The first-order chi connectivity index (χ1) is 11.7. The molecule has 8 heteroatoms. The number of nitrogens with zero attached hydrogens (tertiary/aromatic N) is 4. The molecule has 3 aromatic rings. The number of rotatable bonds is 6. The van der Waals surface area contributed by atoms with Gasteiger partial charge < -0.3 is 9.15 Å². The number of halogens is 1. The molecule has 0 saturated carbocycles. The van der Waals surface area contributed by atoms with E-state index in [0.29, 0.717) is 12.4 Å². The second kappa shape index (κ2) is 7.67. The lowest BCUT2D eigenvalue weighted by atomic mass is 10.3. The van der Waals surface area contributed by atoms with Gasteiger partial charge in [-0.05, 0) is 49.6 Å². The zero-order chi connectivity index (χ0) is 16.9. The highest BCUT2D eigenvalue weighted by Crippen LogP contribution is 2.18. The molecule has 3 rings (SSSR count). The Kier molecular flexibility index (Phi) is 5.37. The summed E-state index contributed by atoms with van der Waals surface area (Å²) in [7, 11) is 0. The maximum atomic E-state index is 5.70. The molecule has 0 spiro atoms. The number of hydrogen-bond donors (Lipinski definition) is 0. The fraction of sp³-hybridized carbons (Fsp3) is 0.188. The van der Waals surface area contributed by atoms with Gasteiger partial charge in [-0.3, -0.25) is 0 Å².